The molecule has 10 heteroatoms. The molecule has 0 saturated carbocycles. The number of aromatic nitrogens is 3. The zero-order valence-electron chi connectivity index (χ0n) is 15.6. The van der Waals surface area contributed by atoms with E-state index in [1.807, 2.05) is 0 Å². The number of carbonyl (C=O) groups is 1. The van der Waals surface area contributed by atoms with E-state index in [0.717, 1.165) is 0 Å². The van der Waals surface area contributed by atoms with Crippen molar-refractivity contribution >= 4 is 40.0 Å². The van der Waals surface area contributed by atoms with Crippen molar-refractivity contribution in [2.75, 3.05) is 18.4 Å². The average Bonchev–Trinajstić information content (AvgIpc) is 3.20. The fraction of sp³-hybridized carbons (Fsp3) is 0.200. The normalized spacial score (nSPS) is 16.0. The standard InChI is InChI=1S/C20H16ClF2N5O2/c1-2-16(29)28-7-6-11(9-28)30-20-13(22)8-15-18(27-20)19(25-10-24-15)26-14-5-3-4-12(21)17(14)23/h2-5,8,10-11H,1,6-7,9H2,(H,24,25,26). The van der Waals surface area contributed by atoms with Crippen molar-refractivity contribution in [2.45, 2.75) is 12.5 Å². The third-order valence-electron chi connectivity index (χ3n) is 4.65. The molecule has 30 heavy (non-hydrogen) atoms. The Morgan fingerprint density at radius 2 is 2.20 bits per heavy atom. The van der Waals surface area contributed by atoms with E-state index in [4.69, 9.17) is 16.3 Å². The van der Waals surface area contributed by atoms with E-state index in [1.54, 1.807) is 11.0 Å². The van der Waals surface area contributed by atoms with Gasteiger partial charge in [0.05, 0.1) is 22.8 Å². The molecule has 1 saturated heterocycles. The molecule has 1 N–H and O–H groups in total. The third kappa shape index (κ3) is 3.88. The number of benzene rings is 1. The number of hydrogen-bond acceptors (Lipinski definition) is 6. The van der Waals surface area contributed by atoms with Crippen molar-refractivity contribution in [3.63, 3.8) is 0 Å². The van der Waals surface area contributed by atoms with E-state index in [0.29, 0.717) is 19.5 Å². The first-order chi connectivity index (χ1) is 14.5. The van der Waals surface area contributed by atoms with E-state index in [-0.39, 0.29) is 39.3 Å². The van der Waals surface area contributed by atoms with Gasteiger partial charge >= 0.3 is 0 Å². The van der Waals surface area contributed by atoms with Gasteiger partial charge in [0.25, 0.3) is 5.88 Å². The second-order valence-corrected chi connectivity index (χ2v) is 7.02. The van der Waals surface area contributed by atoms with Crippen LogP contribution in [0.3, 0.4) is 0 Å². The van der Waals surface area contributed by atoms with Crippen LogP contribution in [0.1, 0.15) is 6.42 Å². The van der Waals surface area contributed by atoms with Crippen LogP contribution in [0.2, 0.25) is 5.02 Å². The lowest BCUT2D eigenvalue weighted by Gasteiger charge is -2.16. The number of carbonyl (C=O) groups excluding carboxylic acids is 1. The predicted molar refractivity (Wildman–Crippen MR) is 108 cm³/mol. The van der Waals surface area contributed by atoms with Gasteiger partial charge in [-0.05, 0) is 18.2 Å². The molecule has 1 fully saturated rings. The molecule has 1 aromatic carbocycles. The summed E-state index contributed by atoms with van der Waals surface area (Å²) >= 11 is 5.82. The van der Waals surface area contributed by atoms with Crippen LogP contribution >= 0.6 is 11.6 Å². The number of nitrogens with zero attached hydrogens (tertiary/aromatic N) is 4. The smallest absolute Gasteiger partial charge is 0.251 e. The van der Waals surface area contributed by atoms with Crippen molar-refractivity contribution < 1.29 is 18.3 Å². The minimum atomic E-state index is -0.699. The molecule has 7 nitrogen and oxygen atoms in total. The maximum absolute atomic E-state index is 14.5. The van der Waals surface area contributed by atoms with Gasteiger partial charge in [-0.2, -0.15) is 0 Å². The lowest BCUT2D eigenvalue weighted by molar-refractivity contribution is -0.125. The van der Waals surface area contributed by atoms with Crippen LogP contribution in [0, 0.1) is 11.6 Å². The van der Waals surface area contributed by atoms with Gasteiger partial charge in [-0.15, -0.1) is 0 Å². The summed E-state index contributed by atoms with van der Waals surface area (Å²) in [6.45, 7) is 4.24. The molecule has 1 amide bonds. The molecular weight excluding hydrogens is 416 g/mol. The molecule has 0 radical (unpaired) electrons. The number of hydrogen-bond donors (Lipinski definition) is 1. The van der Waals surface area contributed by atoms with Crippen LogP contribution in [0.15, 0.2) is 43.2 Å². The molecule has 1 atom stereocenters. The first-order valence-corrected chi connectivity index (χ1v) is 9.44. The van der Waals surface area contributed by atoms with Gasteiger partial charge in [0, 0.05) is 19.0 Å². The molecule has 2 aromatic heterocycles. The largest absolute Gasteiger partial charge is 0.470 e. The summed E-state index contributed by atoms with van der Waals surface area (Å²) in [6, 6.07) is 5.65. The number of nitrogens with one attached hydrogen (secondary N) is 1. The van der Waals surface area contributed by atoms with Crippen LogP contribution in [-0.2, 0) is 4.79 Å². The Labute approximate surface area is 175 Å². The Bertz CT molecular complexity index is 1140. The van der Waals surface area contributed by atoms with E-state index in [9.17, 15) is 13.6 Å². The lowest BCUT2D eigenvalue weighted by Crippen LogP contribution is -2.29. The molecule has 4 rings (SSSR count). The molecule has 154 valence electrons. The zero-order chi connectivity index (χ0) is 21.3. The highest BCUT2D eigenvalue weighted by atomic mass is 35.5. The lowest BCUT2D eigenvalue weighted by atomic mass is 10.3. The Balaban J connectivity index is 1.63. The number of pyridine rings is 1. The van der Waals surface area contributed by atoms with E-state index >= 15 is 0 Å². The summed E-state index contributed by atoms with van der Waals surface area (Å²) in [5, 5.41) is 2.76. The second-order valence-electron chi connectivity index (χ2n) is 6.61. The first kappa shape index (κ1) is 20.0. The highest BCUT2D eigenvalue weighted by Gasteiger charge is 2.28. The second kappa shape index (κ2) is 8.19. The maximum Gasteiger partial charge on any atom is 0.251 e. The van der Waals surface area contributed by atoms with E-state index in [2.05, 4.69) is 26.8 Å². The van der Waals surface area contributed by atoms with Gasteiger partial charge in [-0.1, -0.05) is 24.2 Å². The minimum absolute atomic E-state index is 0.0544. The van der Waals surface area contributed by atoms with Crippen molar-refractivity contribution in [3.8, 4) is 5.88 Å². The van der Waals surface area contributed by atoms with Crippen LogP contribution in [-0.4, -0.2) is 45.0 Å². The van der Waals surface area contributed by atoms with Gasteiger partial charge in [-0.3, -0.25) is 4.79 Å². The topological polar surface area (TPSA) is 80.2 Å². The van der Waals surface area contributed by atoms with Gasteiger partial charge in [0.2, 0.25) is 5.91 Å². The van der Waals surface area contributed by atoms with Crippen molar-refractivity contribution in [2.24, 2.45) is 0 Å². The molecule has 3 aromatic rings. The number of anilines is 2. The summed E-state index contributed by atoms with van der Waals surface area (Å²) in [5.41, 5.74) is 0.505. The monoisotopic (exact) mass is 431 g/mol. The quantitative estimate of drug-likeness (QED) is 0.618. The van der Waals surface area contributed by atoms with Crippen LogP contribution in [0.5, 0.6) is 5.88 Å². The first-order valence-electron chi connectivity index (χ1n) is 9.06. The molecule has 0 spiro atoms. The number of rotatable bonds is 5. The van der Waals surface area contributed by atoms with Gasteiger partial charge in [0.15, 0.2) is 17.5 Å². The summed E-state index contributed by atoms with van der Waals surface area (Å²) in [4.78, 5) is 25.6. The minimum Gasteiger partial charge on any atom is -0.470 e. The maximum atomic E-state index is 14.5. The summed E-state index contributed by atoms with van der Waals surface area (Å²) in [6.07, 6.45) is 2.55. The van der Waals surface area contributed by atoms with Gasteiger partial charge in [-0.25, -0.2) is 23.7 Å². The van der Waals surface area contributed by atoms with Crippen molar-refractivity contribution in [1.82, 2.24) is 19.9 Å². The Morgan fingerprint density at radius 1 is 1.37 bits per heavy atom. The van der Waals surface area contributed by atoms with Crippen molar-refractivity contribution in [1.29, 1.82) is 0 Å². The number of fused-ring (bicyclic) bond motifs is 1. The number of ether oxygens (including phenoxy) is 1. The molecule has 1 unspecified atom stereocenters. The fourth-order valence-corrected chi connectivity index (χ4v) is 3.33. The molecule has 1 aliphatic heterocycles. The van der Waals surface area contributed by atoms with Crippen LogP contribution < -0.4 is 10.1 Å². The van der Waals surface area contributed by atoms with E-state index in [1.165, 1.54) is 30.6 Å². The van der Waals surface area contributed by atoms with Crippen LogP contribution in [0.25, 0.3) is 11.0 Å². The summed E-state index contributed by atoms with van der Waals surface area (Å²) in [5.74, 6) is -1.64. The predicted octanol–water partition coefficient (Wildman–Crippen LogP) is 3.87. The highest BCUT2D eigenvalue weighted by molar-refractivity contribution is 6.31. The Morgan fingerprint density at radius 3 is 3.00 bits per heavy atom. The number of halogens is 3. The Kier molecular flexibility index (Phi) is 5.45. The van der Waals surface area contributed by atoms with E-state index < -0.39 is 17.7 Å². The SMILES string of the molecule is C=CC(=O)N1CCC(Oc2nc3c(Nc4cccc(Cl)c4F)ncnc3cc2F)C1. The van der Waals surface area contributed by atoms with Gasteiger partial charge < -0.3 is 15.0 Å². The molecular formula is C20H16ClF2N5O2. The van der Waals surface area contributed by atoms with Crippen LogP contribution in [0.4, 0.5) is 20.3 Å². The molecule has 0 bridgehead atoms. The fourth-order valence-electron chi connectivity index (χ4n) is 3.16. The zero-order valence-corrected chi connectivity index (χ0v) is 16.4. The summed E-state index contributed by atoms with van der Waals surface area (Å²) in [7, 11) is 0. The number of likely N-dealkylation sites (tertiary alicyclic amines) is 1. The summed E-state index contributed by atoms with van der Waals surface area (Å²) < 4.78 is 34.5. The average molecular weight is 432 g/mol. The highest BCUT2D eigenvalue weighted by Crippen LogP contribution is 2.29. The molecule has 1 aliphatic rings. The van der Waals surface area contributed by atoms with Crippen molar-refractivity contribution in [3.05, 3.63) is 59.9 Å². The molecule has 0 aliphatic carbocycles. The van der Waals surface area contributed by atoms with Gasteiger partial charge in [0.1, 0.15) is 17.9 Å². The Hall–Kier alpha value is -3.33. The third-order valence-corrected chi connectivity index (χ3v) is 4.94. The number of amides is 1. The molecule has 3 heterocycles.